The van der Waals surface area contributed by atoms with Crippen molar-refractivity contribution in [3.05, 3.63) is 45.1 Å². The van der Waals surface area contributed by atoms with Gasteiger partial charge < -0.3 is 15.8 Å². The van der Waals surface area contributed by atoms with Crippen molar-refractivity contribution in [2.45, 2.75) is 13.3 Å². The number of nitrogens with one attached hydrogen (secondary N) is 1. The van der Waals surface area contributed by atoms with Crippen molar-refractivity contribution < 1.29 is 9.53 Å². The molecule has 0 atom stereocenters. The molecule has 1 aromatic carbocycles. The standard InChI is InChI=1S/C15H17ClN2O2S/c1-2-20-15(19)11-4-3-5-12(14(11)17)18-9-8-10-6-7-13(16)21-10/h3-7,18H,2,8-9,17H2,1H3. The van der Waals surface area contributed by atoms with Crippen LogP contribution in [0.3, 0.4) is 0 Å². The van der Waals surface area contributed by atoms with Gasteiger partial charge in [0.25, 0.3) is 0 Å². The summed E-state index contributed by atoms with van der Waals surface area (Å²) in [4.78, 5) is 13.0. The number of carbonyl (C=O) groups is 1. The molecule has 112 valence electrons. The lowest BCUT2D eigenvalue weighted by Crippen LogP contribution is -2.11. The second-order valence-electron chi connectivity index (χ2n) is 4.37. The fourth-order valence-corrected chi connectivity index (χ4v) is 3.00. The normalized spacial score (nSPS) is 10.4. The summed E-state index contributed by atoms with van der Waals surface area (Å²) in [5.74, 6) is -0.399. The zero-order chi connectivity index (χ0) is 15.2. The predicted octanol–water partition coefficient (Wildman–Crippen LogP) is 3.82. The smallest absolute Gasteiger partial charge is 0.340 e. The van der Waals surface area contributed by atoms with Gasteiger partial charge in [-0.25, -0.2) is 4.79 Å². The van der Waals surface area contributed by atoms with Crippen LogP contribution in [0.15, 0.2) is 30.3 Å². The predicted molar refractivity (Wildman–Crippen MR) is 88.3 cm³/mol. The number of halogens is 1. The molecule has 3 N–H and O–H groups in total. The van der Waals surface area contributed by atoms with Crippen molar-refractivity contribution in [2.24, 2.45) is 0 Å². The van der Waals surface area contributed by atoms with Crippen LogP contribution in [0.5, 0.6) is 0 Å². The van der Waals surface area contributed by atoms with E-state index in [1.807, 2.05) is 18.2 Å². The van der Waals surface area contributed by atoms with Crippen LogP contribution < -0.4 is 11.1 Å². The van der Waals surface area contributed by atoms with Crippen LogP contribution in [0.1, 0.15) is 22.2 Å². The number of hydrogen-bond donors (Lipinski definition) is 2. The Labute approximate surface area is 132 Å². The maximum Gasteiger partial charge on any atom is 0.340 e. The highest BCUT2D eigenvalue weighted by molar-refractivity contribution is 7.16. The summed E-state index contributed by atoms with van der Waals surface area (Å²) in [5, 5.41) is 3.24. The van der Waals surface area contributed by atoms with Crippen LogP contribution in [0.2, 0.25) is 4.34 Å². The zero-order valence-electron chi connectivity index (χ0n) is 11.7. The van der Waals surface area contributed by atoms with Gasteiger partial charge in [0.15, 0.2) is 0 Å². The molecule has 0 radical (unpaired) electrons. The third-order valence-corrected chi connectivity index (χ3v) is 4.21. The topological polar surface area (TPSA) is 64.3 Å². The highest BCUT2D eigenvalue weighted by atomic mass is 35.5. The number of esters is 1. The Kier molecular flexibility index (Phi) is 5.47. The highest BCUT2D eigenvalue weighted by Gasteiger charge is 2.13. The van der Waals surface area contributed by atoms with Crippen LogP contribution in [0, 0.1) is 0 Å². The lowest BCUT2D eigenvalue weighted by Gasteiger charge is -2.12. The number of nitrogen functional groups attached to an aromatic ring is 1. The molecule has 4 nitrogen and oxygen atoms in total. The Bertz CT molecular complexity index is 628. The van der Waals surface area contributed by atoms with Crippen molar-refractivity contribution in [3.63, 3.8) is 0 Å². The molecule has 0 bridgehead atoms. The number of nitrogens with two attached hydrogens (primary N) is 1. The number of hydrogen-bond acceptors (Lipinski definition) is 5. The second kappa shape index (κ2) is 7.33. The molecule has 0 saturated heterocycles. The van der Waals surface area contributed by atoms with E-state index in [1.54, 1.807) is 30.4 Å². The summed E-state index contributed by atoms with van der Waals surface area (Å²) in [7, 11) is 0. The largest absolute Gasteiger partial charge is 0.462 e. The van der Waals surface area contributed by atoms with E-state index in [1.165, 1.54) is 4.88 Å². The minimum atomic E-state index is -0.399. The molecule has 0 amide bonds. The average Bonchev–Trinajstić information content (AvgIpc) is 2.86. The number of ether oxygens (including phenoxy) is 1. The van der Waals surface area contributed by atoms with E-state index in [4.69, 9.17) is 22.1 Å². The number of anilines is 2. The Morgan fingerprint density at radius 2 is 2.19 bits per heavy atom. The summed E-state index contributed by atoms with van der Waals surface area (Å²) in [6.07, 6.45) is 0.848. The first kappa shape index (κ1) is 15.7. The summed E-state index contributed by atoms with van der Waals surface area (Å²) in [6.45, 7) is 2.81. The van der Waals surface area contributed by atoms with Gasteiger partial charge in [-0.2, -0.15) is 0 Å². The first-order valence-corrected chi connectivity index (χ1v) is 7.85. The summed E-state index contributed by atoms with van der Waals surface area (Å²) in [6, 6.07) is 9.19. The van der Waals surface area contributed by atoms with E-state index in [0.29, 0.717) is 24.4 Å². The van der Waals surface area contributed by atoms with E-state index in [-0.39, 0.29) is 0 Å². The van der Waals surface area contributed by atoms with Gasteiger partial charge in [0.05, 0.1) is 27.9 Å². The number of rotatable bonds is 6. The molecule has 0 saturated carbocycles. The van der Waals surface area contributed by atoms with Gasteiger partial charge in [-0.1, -0.05) is 17.7 Å². The van der Waals surface area contributed by atoms with Gasteiger partial charge in [0.2, 0.25) is 0 Å². The molecule has 2 aromatic rings. The molecule has 0 aliphatic heterocycles. The summed E-state index contributed by atoms with van der Waals surface area (Å²) >= 11 is 7.46. The van der Waals surface area contributed by atoms with Crippen LogP contribution in [0.4, 0.5) is 11.4 Å². The molecular formula is C15H17ClN2O2S. The summed E-state index contributed by atoms with van der Waals surface area (Å²) < 4.78 is 5.77. The van der Waals surface area contributed by atoms with Gasteiger partial charge in [0, 0.05) is 11.4 Å². The van der Waals surface area contributed by atoms with Crippen LogP contribution in [-0.4, -0.2) is 19.1 Å². The Balaban J connectivity index is 2.00. The van der Waals surface area contributed by atoms with E-state index in [2.05, 4.69) is 5.32 Å². The average molecular weight is 325 g/mol. The fourth-order valence-electron chi connectivity index (χ4n) is 1.91. The van der Waals surface area contributed by atoms with Gasteiger partial charge in [-0.15, -0.1) is 11.3 Å². The maximum atomic E-state index is 11.8. The lowest BCUT2D eigenvalue weighted by molar-refractivity contribution is 0.0527. The van der Waals surface area contributed by atoms with E-state index in [9.17, 15) is 4.79 Å². The second-order valence-corrected chi connectivity index (χ2v) is 6.17. The SMILES string of the molecule is CCOC(=O)c1cccc(NCCc2ccc(Cl)s2)c1N. The van der Waals surface area contributed by atoms with Crippen molar-refractivity contribution >= 4 is 40.3 Å². The molecule has 0 aliphatic carbocycles. The number of thiophene rings is 1. The first-order valence-electron chi connectivity index (χ1n) is 6.65. The van der Waals surface area contributed by atoms with Crippen LogP contribution in [-0.2, 0) is 11.2 Å². The van der Waals surface area contributed by atoms with E-state index >= 15 is 0 Å². The van der Waals surface area contributed by atoms with Crippen molar-refractivity contribution in [1.82, 2.24) is 0 Å². The third kappa shape index (κ3) is 4.12. The maximum absolute atomic E-state index is 11.8. The van der Waals surface area contributed by atoms with Crippen molar-refractivity contribution in [1.29, 1.82) is 0 Å². The van der Waals surface area contributed by atoms with E-state index < -0.39 is 5.97 Å². The minimum Gasteiger partial charge on any atom is -0.462 e. The Morgan fingerprint density at radius 3 is 2.86 bits per heavy atom. The summed E-state index contributed by atoms with van der Waals surface area (Å²) in [5.41, 5.74) is 7.56. The number of carbonyl (C=O) groups excluding carboxylic acids is 1. The van der Waals surface area contributed by atoms with Gasteiger partial charge in [0.1, 0.15) is 0 Å². The molecule has 21 heavy (non-hydrogen) atoms. The van der Waals surface area contributed by atoms with Gasteiger partial charge in [-0.05, 0) is 37.6 Å². The quantitative estimate of drug-likeness (QED) is 0.626. The Hall–Kier alpha value is -1.72. The minimum absolute atomic E-state index is 0.328. The number of benzene rings is 1. The molecule has 1 heterocycles. The monoisotopic (exact) mass is 324 g/mol. The fraction of sp³-hybridized carbons (Fsp3) is 0.267. The van der Waals surface area contributed by atoms with Crippen molar-refractivity contribution in [3.8, 4) is 0 Å². The lowest BCUT2D eigenvalue weighted by atomic mass is 10.1. The molecule has 0 unspecified atom stereocenters. The first-order chi connectivity index (χ1) is 10.1. The van der Waals surface area contributed by atoms with Crippen LogP contribution in [0.25, 0.3) is 0 Å². The highest BCUT2D eigenvalue weighted by Crippen LogP contribution is 2.25. The molecule has 6 heteroatoms. The van der Waals surface area contributed by atoms with Gasteiger partial charge >= 0.3 is 5.97 Å². The zero-order valence-corrected chi connectivity index (χ0v) is 13.3. The van der Waals surface area contributed by atoms with Gasteiger partial charge in [-0.3, -0.25) is 0 Å². The number of para-hydroxylation sites is 1. The van der Waals surface area contributed by atoms with Crippen LogP contribution >= 0.6 is 22.9 Å². The molecule has 0 aliphatic rings. The Morgan fingerprint density at radius 1 is 1.38 bits per heavy atom. The van der Waals surface area contributed by atoms with Crippen molar-refractivity contribution in [2.75, 3.05) is 24.2 Å². The third-order valence-electron chi connectivity index (χ3n) is 2.92. The molecule has 1 aromatic heterocycles. The molecule has 2 rings (SSSR count). The molecule has 0 spiro atoms. The van der Waals surface area contributed by atoms with E-state index in [0.717, 1.165) is 16.4 Å². The molecular weight excluding hydrogens is 308 g/mol. The molecule has 0 fully saturated rings.